The number of rotatable bonds is 4. The highest BCUT2D eigenvalue weighted by Crippen LogP contribution is 2.24. The summed E-state index contributed by atoms with van der Waals surface area (Å²) >= 11 is 0. The van der Waals surface area contributed by atoms with Gasteiger partial charge >= 0.3 is 0 Å². The third-order valence-corrected chi connectivity index (χ3v) is 4.44. The van der Waals surface area contributed by atoms with E-state index >= 15 is 0 Å². The molecular weight excluding hydrogens is 268 g/mol. The fraction of sp³-hybridized carbons (Fsp3) is 0.125. The van der Waals surface area contributed by atoms with Gasteiger partial charge in [0.1, 0.15) is 11.0 Å². The molecule has 4 heteroatoms. The van der Waals surface area contributed by atoms with E-state index in [0.29, 0.717) is 0 Å². The number of nitrogens with one attached hydrogen (secondary N) is 2. The Hall–Kier alpha value is -2.07. The number of hydrogen-bond acceptors (Lipinski definition) is 1. The number of aromatic amines is 1. The van der Waals surface area contributed by atoms with Crippen molar-refractivity contribution in [1.29, 1.82) is 0 Å². The Bertz CT molecular complexity index is 747. The summed E-state index contributed by atoms with van der Waals surface area (Å²) in [5.41, 5.74) is 3.14. The van der Waals surface area contributed by atoms with Gasteiger partial charge in [0.25, 0.3) is 0 Å². The minimum atomic E-state index is -1.25. The van der Waals surface area contributed by atoms with Crippen LogP contribution in [-0.4, -0.2) is 9.19 Å². The molecule has 1 heterocycles. The zero-order valence-electron chi connectivity index (χ0n) is 11.2. The minimum absolute atomic E-state index is 0.785. The molecule has 0 aliphatic rings. The first-order valence-corrected chi connectivity index (χ1v) is 7.76. The summed E-state index contributed by atoms with van der Waals surface area (Å²) < 4.78 is 15.4. The molecule has 0 fully saturated rings. The van der Waals surface area contributed by atoms with Gasteiger partial charge in [-0.25, -0.2) is 4.21 Å². The summed E-state index contributed by atoms with van der Waals surface area (Å²) in [6, 6.07) is 15.8. The molecule has 0 saturated carbocycles. The van der Waals surface area contributed by atoms with Crippen molar-refractivity contribution in [1.82, 2.24) is 4.98 Å². The van der Waals surface area contributed by atoms with Crippen LogP contribution in [0.1, 0.15) is 12.5 Å². The van der Waals surface area contributed by atoms with Crippen molar-refractivity contribution in [2.75, 3.05) is 4.72 Å². The number of aromatic nitrogens is 1. The smallest absolute Gasteiger partial charge is 0.150 e. The van der Waals surface area contributed by atoms with E-state index in [4.69, 9.17) is 0 Å². The molecule has 1 atom stereocenters. The van der Waals surface area contributed by atoms with Gasteiger partial charge in [-0.1, -0.05) is 37.3 Å². The SMILES string of the molecule is CCc1ccc(S(=O)Nc2c[nH]c3ccccc23)cc1. The van der Waals surface area contributed by atoms with Gasteiger partial charge in [-0.15, -0.1) is 0 Å². The Kier molecular flexibility index (Phi) is 3.56. The average molecular weight is 284 g/mol. The maximum atomic E-state index is 12.3. The Morgan fingerprint density at radius 3 is 2.60 bits per heavy atom. The van der Waals surface area contributed by atoms with Gasteiger partial charge in [0.15, 0.2) is 0 Å². The molecule has 20 heavy (non-hydrogen) atoms. The van der Waals surface area contributed by atoms with Crippen LogP contribution in [0.3, 0.4) is 0 Å². The standard InChI is InChI=1S/C16H16N2OS/c1-2-12-7-9-13(10-8-12)20(19)18-16-11-17-15-6-4-3-5-14(15)16/h3-11,17-18H,2H2,1H3. The van der Waals surface area contributed by atoms with E-state index in [1.165, 1.54) is 5.56 Å². The molecule has 2 N–H and O–H groups in total. The molecule has 2 aromatic carbocycles. The van der Waals surface area contributed by atoms with Crippen molar-refractivity contribution in [3.8, 4) is 0 Å². The number of H-pyrrole nitrogens is 1. The highest BCUT2D eigenvalue weighted by molar-refractivity contribution is 7.86. The predicted molar refractivity (Wildman–Crippen MR) is 84.1 cm³/mol. The van der Waals surface area contributed by atoms with Crippen molar-refractivity contribution in [3.63, 3.8) is 0 Å². The molecule has 0 aliphatic carbocycles. The second-order valence-corrected chi connectivity index (χ2v) is 5.83. The molecule has 1 unspecified atom stereocenters. The molecule has 0 amide bonds. The fourth-order valence-electron chi connectivity index (χ4n) is 2.16. The van der Waals surface area contributed by atoms with Gasteiger partial charge in [-0.05, 0) is 30.2 Å². The van der Waals surface area contributed by atoms with Crippen LogP contribution in [0.2, 0.25) is 0 Å². The van der Waals surface area contributed by atoms with Crippen molar-refractivity contribution in [3.05, 3.63) is 60.3 Å². The van der Waals surface area contributed by atoms with Crippen molar-refractivity contribution in [2.45, 2.75) is 18.2 Å². The van der Waals surface area contributed by atoms with Crippen LogP contribution >= 0.6 is 0 Å². The lowest BCUT2D eigenvalue weighted by Crippen LogP contribution is -2.04. The third-order valence-electron chi connectivity index (χ3n) is 3.34. The first-order chi connectivity index (χ1) is 9.78. The lowest BCUT2D eigenvalue weighted by molar-refractivity contribution is 0.686. The van der Waals surface area contributed by atoms with E-state index in [-0.39, 0.29) is 0 Å². The topological polar surface area (TPSA) is 44.9 Å². The first-order valence-electron chi connectivity index (χ1n) is 6.61. The van der Waals surface area contributed by atoms with Crippen LogP contribution in [0, 0.1) is 0 Å². The molecule has 0 aliphatic heterocycles. The molecule has 0 radical (unpaired) electrons. The monoisotopic (exact) mass is 284 g/mol. The number of benzene rings is 2. The largest absolute Gasteiger partial charge is 0.359 e. The van der Waals surface area contributed by atoms with Gasteiger partial charge in [-0.3, -0.25) is 4.72 Å². The summed E-state index contributed by atoms with van der Waals surface area (Å²) in [4.78, 5) is 3.95. The highest BCUT2D eigenvalue weighted by atomic mass is 32.2. The molecule has 3 nitrogen and oxygen atoms in total. The van der Waals surface area contributed by atoms with E-state index in [1.807, 2.05) is 54.7 Å². The van der Waals surface area contributed by atoms with Crippen molar-refractivity contribution >= 4 is 27.6 Å². The summed E-state index contributed by atoms with van der Waals surface area (Å²) in [5.74, 6) is 0. The second-order valence-electron chi connectivity index (χ2n) is 4.62. The summed E-state index contributed by atoms with van der Waals surface area (Å²) in [6.45, 7) is 2.11. The third kappa shape index (κ3) is 2.47. The molecular formula is C16H16N2OS. The van der Waals surface area contributed by atoms with Gasteiger partial charge in [0.2, 0.25) is 0 Å². The Balaban J connectivity index is 1.84. The number of hydrogen-bond donors (Lipinski definition) is 2. The Morgan fingerprint density at radius 2 is 1.85 bits per heavy atom. The van der Waals surface area contributed by atoms with E-state index in [1.54, 1.807) is 0 Å². The lowest BCUT2D eigenvalue weighted by atomic mass is 10.2. The van der Waals surface area contributed by atoms with Gasteiger partial charge in [0.05, 0.1) is 10.6 Å². The maximum Gasteiger partial charge on any atom is 0.150 e. The Morgan fingerprint density at radius 1 is 1.10 bits per heavy atom. The van der Waals surface area contributed by atoms with Gasteiger partial charge < -0.3 is 4.98 Å². The van der Waals surface area contributed by atoms with Crippen molar-refractivity contribution < 1.29 is 4.21 Å². The van der Waals surface area contributed by atoms with E-state index in [9.17, 15) is 4.21 Å². The Labute approximate surface area is 120 Å². The van der Waals surface area contributed by atoms with E-state index in [0.717, 1.165) is 27.9 Å². The molecule has 0 saturated heterocycles. The summed E-state index contributed by atoms with van der Waals surface area (Å²) in [6.07, 6.45) is 2.84. The van der Waals surface area contributed by atoms with Gasteiger partial charge in [0, 0.05) is 17.1 Å². The second kappa shape index (κ2) is 5.51. The molecule has 1 aromatic heterocycles. The zero-order valence-corrected chi connectivity index (χ0v) is 12.0. The quantitative estimate of drug-likeness (QED) is 0.750. The number of fused-ring (bicyclic) bond motifs is 1. The summed E-state index contributed by atoms with van der Waals surface area (Å²) in [5, 5.41) is 1.05. The molecule has 3 aromatic rings. The van der Waals surface area contributed by atoms with Crippen molar-refractivity contribution in [2.24, 2.45) is 0 Å². The molecule has 3 rings (SSSR count). The first kappa shape index (κ1) is 12.9. The predicted octanol–water partition coefficient (Wildman–Crippen LogP) is 3.87. The van der Waals surface area contributed by atoms with Crippen LogP contribution in [0.15, 0.2) is 59.6 Å². The van der Waals surface area contributed by atoms with Crippen LogP contribution in [-0.2, 0) is 17.4 Å². The summed E-state index contributed by atoms with van der Waals surface area (Å²) in [7, 11) is -1.25. The molecule has 0 bridgehead atoms. The van der Waals surface area contributed by atoms with E-state index in [2.05, 4.69) is 16.6 Å². The number of para-hydroxylation sites is 1. The normalized spacial score (nSPS) is 12.4. The number of aryl methyl sites for hydroxylation is 1. The van der Waals surface area contributed by atoms with E-state index < -0.39 is 11.0 Å². The maximum absolute atomic E-state index is 12.3. The average Bonchev–Trinajstić information content (AvgIpc) is 2.91. The fourth-order valence-corrected chi connectivity index (χ4v) is 3.03. The van der Waals surface area contributed by atoms with Gasteiger partial charge in [-0.2, -0.15) is 0 Å². The highest BCUT2D eigenvalue weighted by Gasteiger charge is 2.07. The van der Waals surface area contributed by atoms with Crippen LogP contribution in [0.5, 0.6) is 0 Å². The molecule has 0 spiro atoms. The van der Waals surface area contributed by atoms with Crippen LogP contribution < -0.4 is 4.72 Å². The zero-order chi connectivity index (χ0) is 13.9. The molecule has 102 valence electrons. The number of anilines is 1. The lowest BCUT2D eigenvalue weighted by Gasteiger charge is -2.05. The van der Waals surface area contributed by atoms with Crippen LogP contribution in [0.25, 0.3) is 10.9 Å². The minimum Gasteiger partial charge on any atom is -0.359 e. The van der Waals surface area contributed by atoms with Crippen LogP contribution in [0.4, 0.5) is 5.69 Å².